The van der Waals surface area contributed by atoms with Gasteiger partial charge in [0.15, 0.2) is 0 Å². The highest BCUT2D eigenvalue weighted by Crippen LogP contribution is 3.02. The lowest BCUT2D eigenvalue weighted by Crippen LogP contribution is -2.39. The average Bonchev–Trinajstić information content (AvgIpc) is 2.52. The van der Waals surface area contributed by atoms with Crippen LogP contribution in [-0.2, 0) is 4.79 Å². The molecule has 29 heavy (non-hydrogen) atoms. The van der Waals surface area contributed by atoms with Gasteiger partial charge in [-0.3, -0.25) is 9.80 Å². The molecule has 12 heteroatoms. The summed E-state index contributed by atoms with van der Waals surface area (Å²) in [5.74, 6) is -2.34. The predicted molar refractivity (Wildman–Crippen MR) is 92.3 cm³/mol. The molecule has 0 aliphatic rings. The molecule has 2 N–H and O–H groups in total. The largest absolute Gasteiger partial charge is 0.310 e. The molecule has 162 valence electrons. The third-order valence-corrected chi connectivity index (χ3v) is 5.46. The van der Waals surface area contributed by atoms with Gasteiger partial charge < -0.3 is 0 Å². The van der Waals surface area contributed by atoms with Gasteiger partial charge in [0.05, 0.1) is 5.92 Å². The molecule has 0 bridgehead atoms. The minimum absolute atomic E-state index is 0.0811. The lowest BCUT2D eigenvalue weighted by atomic mass is 9.81. The smallest absolute Gasteiger partial charge is 0.283 e. The lowest BCUT2D eigenvalue weighted by molar-refractivity contribution is -0.132. The van der Waals surface area contributed by atoms with E-state index in [2.05, 4.69) is 0 Å². The van der Waals surface area contributed by atoms with Crippen LogP contribution < -0.4 is 5.84 Å². The molecule has 0 radical (unpaired) electrons. The molecule has 2 aromatic carbocycles. The summed E-state index contributed by atoms with van der Waals surface area (Å²) >= 11 is 0. The number of likely N-dealkylation sites (N-methyl/N-ethyl adjacent to an activating group) is 1. The SMILES string of the molecule is C[C@@H](c1c(F)cc(F)cc1F)[C@H](C(=O)N(C)N)c1ccc(S(F)(F)(F)(F)F)cc1. The van der Waals surface area contributed by atoms with Crippen molar-refractivity contribution in [3.63, 3.8) is 0 Å². The Morgan fingerprint density at radius 2 is 1.41 bits per heavy atom. The second-order valence-corrected chi connectivity index (χ2v) is 8.95. The third kappa shape index (κ3) is 4.99. The molecule has 0 heterocycles. The summed E-state index contributed by atoms with van der Waals surface area (Å²) in [7, 11) is -8.86. The number of carbonyl (C=O) groups is 1. The molecule has 0 aliphatic heterocycles. The number of amides is 1. The van der Waals surface area contributed by atoms with Gasteiger partial charge in [0.1, 0.15) is 22.3 Å². The maximum Gasteiger partial charge on any atom is 0.310 e. The molecular weight excluding hydrogens is 432 g/mol. The molecule has 0 unspecified atom stereocenters. The van der Waals surface area contributed by atoms with E-state index >= 15 is 0 Å². The van der Waals surface area contributed by atoms with Crippen LogP contribution in [0.15, 0.2) is 41.3 Å². The van der Waals surface area contributed by atoms with Crippen LogP contribution in [0.1, 0.15) is 29.9 Å². The van der Waals surface area contributed by atoms with Crippen molar-refractivity contribution in [3.8, 4) is 0 Å². The van der Waals surface area contributed by atoms with Crippen molar-refractivity contribution < 1.29 is 37.4 Å². The van der Waals surface area contributed by atoms with Crippen LogP contribution in [0, 0.1) is 17.5 Å². The maximum atomic E-state index is 14.1. The zero-order chi connectivity index (χ0) is 22.4. The second-order valence-electron chi connectivity index (χ2n) is 6.54. The highest BCUT2D eigenvalue weighted by atomic mass is 32.5. The van der Waals surface area contributed by atoms with Gasteiger partial charge in [-0.05, 0) is 17.7 Å². The standard InChI is InChI=1S/C17H16F8N2OS/c1-9(16-13(19)7-11(18)8-14(16)20)15(17(28)27(2)26)10-3-5-12(6-4-10)29(21,22,23,24)25/h3-9,15H,26H2,1-2H3/t9-,15+/m1/s1. The number of carbonyl (C=O) groups excluding carboxylic acids is 1. The van der Waals surface area contributed by atoms with Gasteiger partial charge in [0.2, 0.25) is 5.91 Å². The van der Waals surface area contributed by atoms with E-state index in [1.807, 2.05) is 0 Å². The fourth-order valence-corrected chi connectivity index (χ4v) is 3.60. The molecule has 2 atom stereocenters. The Bertz CT molecular complexity index is 922. The zero-order valence-corrected chi connectivity index (χ0v) is 15.8. The Hall–Kier alpha value is -2.34. The lowest BCUT2D eigenvalue weighted by Gasteiger charge is -2.40. The molecule has 0 spiro atoms. The first kappa shape index (κ1) is 22.9. The van der Waals surface area contributed by atoms with Gasteiger partial charge in [0.25, 0.3) is 0 Å². The van der Waals surface area contributed by atoms with Crippen molar-refractivity contribution in [1.29, 1.82) is 0 Å². The highest BCUT2D eigenvalue weighted by molar-refractivity contribution is 8.45. The maximum absolute atomic E-state index is 14.1. The Morgan fingerprint density at radius 3 is 1.79 bits per heavy atom. The first-order valence-electron chi connectivity index (χ1n) is 7.93. The minimum Gasteiger partial charge on any atom is -0.283 e. The van der Waals surface area contributed by atoms with Crippen molar-refractivity contribution in [2.75, 3.05) is 7.05 Å². The van der Waals surface area contributed by atoms with Crippen molar-refractivity contribution in [2.24, 2.45) is 5.84 Å². The Balaban J connectivity index is 2.60. The average molecular weight is 448 g/mol. The van der Waals surface area contributed by atoms with Gasteiger partial charge in [0, 0.05) is 30.7 Å². The minimum atomic E-state index is -9.95. The van der Waals surface area contributed by atoms with E-state index in [1.54, 1.807) is 0 Å². The summed E-state index contributed by atoms with van der Waals surface area (Å²) < 4.78 is 106. The number of benzene rings is 2. The summed E-state index contributed by atoms with van der Waals surface area (Å²) in [6.45, 7) is 1.17. The van der Waals surface area contributed by atoms with Crippen molar-refractivity contribution in [1.82, 2.24) is 5.01 Å². The fourth-order valence-electron chi connectivity index (χ4n) is 2.95. The summed E-state index contributed by atoms with van der Waals surface area (Å²) in [5, 5.41) is 0.541. The van der Waals surface area contributed by atoms with E-state index in [-0.39, 0.29) is 17.7 Å². The van der Waals surface area contributed by atoms with E-state index in [4.69, 9.17) is 5.84 Å². The van der Waals surface area contributed by atoms with Crippen LogP contribution in [0.5, 0.6) is 0 Å². The van der Waals surface area contributed by atoms with Crippen LogP contribution in [0.3, 0.4) is 0 Å². The van der Waals surface area contributed by atoms with E-state index < -0.39 is 55.9 Å². The molecular formula is C17H16F8N2OS. The monoisotopic (exact) mass is 448 g/mol. The number of hydrogen-bond donors (Lipinski definition) is 1. The van der Waals surface area contributed by atoms with E-state index in [9.17, 15) is 37.4 Å². The molecule has 0 fully saturated rings. The summed E-state index contributed by atoms with van der Waals surface area (Å²) in [5.41, 5.74) is -0.947. The zero-order valence-electron chi connectivity index (χ0n) is 15.0. The first-order valence-corrected chi connectivity index (χ1v) is 9.88. The van der Waals surface area contributed by atoms with Crippen LogP contribution in [-0.4, -0.2) is 18.0 Å². The molecule has 0 saturated carbocycles. The predicted octanol–water partition coefficient (Wildman–Crippen LogP) is 5.98. The number of halogens is 8. The molecule has 0 saturated heterocycles. The normalized spacial score (nSPS) is 16.5. The van der Waals surface area contributed by atoms with E-state index in [0.717, 1.165) is 7.05 Å². The van der Waals surface area contributed by atoms with Gasteiger partial charge in [-0.25, -0.2) is 19.0 Å². The summed E-state index contributed by atoms with van der Waals surface area (Å²) in [6, 6.07) is 2.12. The molecule has 0 aromatic heterocycles. The van der Waals surface area contributed by atoms with E-state index in [1.165, 1.54) is 6.92 Å². The molecule has 0 aliphatic carbocycles. The number of nitrogens with two attached hydrogens (primary N) is 1. The Kier molecular flexibility index (Phi) is 5.21. The van der Waals surface area contributed by atoms with Gasteiger partial charge >= 0.3 is 10.2 Å². The third-order valence-electron chi connectivity index (χ3n) is 4.30. The fraction of sp³-hybridized carbons (Fsp3) is 0.235. The number of nitrogens with zero attached hydrogens (tertiary/aromatic N) is 1. The highest BCUT2D eigenvalue weighted by Gasteiger charge is 2.65. The number of hydrogen-bond acceptors (Lipinski definition) is 2. The van der Waals surface area contributed by atoms with E-state index in [0.29, 0.717) is 29.3 Å². The van der Waals surface area contributed by atoms with Gasteiger partial charge in [-0.1, -0.05) is 38.5 Å². The number of rotatable bonds is 5. The molecule has 1 amide bonds. The number of hydrazine groups is 1. The van der Waals surface area contributed by atoms with Crippen molar-refractivity contribution >= 4 is 16.1 Å². The summed E-state index contributed by atoms with van der Waals surface area (Å²) in [4.78, 5) is 10.3. The quantitative estimate of drug-likeness (QED) is 0.265. The van der Waals surface area contributed by atoms with Crippen molar-refractivity contribution in [3.05, 3.63) is 65.0 Å². The van der Waals surface area contributed by atoms with Gasteiger partial charge in [-0.15, -0.1) is 0 Å². The van der Waals surface area contributed by atoms with Crippen molar-refractivity contribution in [2.45, 2.75) is 23.7 Å². The summed E-state index contributed by atoms with van der Waals surface area (Å²) in [6.07, 6.45) is 0. The Morgan fingerprint density at radius 1 is 0.966 bits per heavy atom. The van der Waals surface area contributed by atoms with Gasteiger partial charge in [-0.2, -0.15) is 0 Å². The second kappa shape index (κ2) is 6.59. The molecule has 2 rings (SSSR count). The molecule has 2 aromatic rings. The first-order chi connectivity index (χ1) is 12.9. The van der Waals surface area contributed by atoms with Crippen LogP contribution in [0.2, 0.25) is 0 Å². The van der Waals surface area contributed by atoms with Crippen LogP contribution >= 0.6 is 10.2 Å². The Labute approximate surface area is 160 Å². The van der Waals surface area contributed by atoms with Crippen LogP contribution in [0.25, 0.3) is 0 Å². The molecule has 3 nitrogen and oxygen atoms in total. The topological polar surface area (TPSA) is 46.3 Å². The van der Waals surface area contributed by atoms with Crippen LogP contribution in [0.4, 0.5) is 32.6 Å².